The van der Waals surface area contributed by atoms with E-state index in [0.29, 0.717) is 24.9 Å². The Morgan fingerprint density at radius 2 is 2.21 bits per heavy atom. The first-order chi connectivity index (χ1) is 14.0. The number of nitrogens with one attached hydrogen (secondary N) is 1. The third-order valence-corrected chi connectivity index (χ3v) is 5.81. The molecule has 2 aliphatic rings. The van der Waals surface area contributed by atoms with Crippen LogP contribution >= 0.6 is 0 Å². The van der Waals surface area contributed by atoms with Gasteiger partial charge in [-0.25, -0.2) is 8.91 Å². The zero-order chi connectivity index (χ0) is 20.1. The van der Waals surface area contributed by atoms with E-state index in [0.717, 1.165) is 35.5 Å². The van der Waals surface area contributed by atoms with Gasteiger partial charge >= 0.3 is 0 Å². The highest BCUT2D eigenvalue weighted by atomic mass is 19.1. The second-order valence-corrected chi connectivity index (χ2v) is 7.88. The van der Waals surface area contributed by atoms with Crippen molar-refractivity contribution in [1.29, 1.82) is 0 Å². The monoisotopic (exact) mass is 398 g/mol. The summed E-state index contributed by atoms with van der Waals surface area (Å²) in [7, 11) is 3.98. The lowest BCUT2D eigenvalue weighted by molar-refractivity contribution is -0.117. The fraction of sp³-hybridized carbons (Fsp3) is 0.450. The Labute approximate surface area is 167 Å². The average Bonchev–Trinajstić information content (AvgIpc) is 3.12. The number of fused-ring (bicyclic) bond motifs is 1. The molecular formula is C20H23FN6O2. The molecule has 1 aliphatic carbocycles. The van der Waals surface area contributed by atoms with Crippen LogP contribution in [-0.2, 0) is 11.8 Å². The number of rotatable bonds is 6. The summed E-state index contributed by atoms with van der Waals surface area (Å²) >= 11 is 0. The van der Waals surface area contributed by atoms with Crippen molar-refractivity contribution in [2.75, 3.05) is 25.5 Å². The highest BCUT2D eigenvalue weighted by Crippen LogP contribution is 2.35. The molecule has 9 heteroatoms. The number of aryl methyl sites for hydroxylation is 1. The molecule has 8 nitrogen and oxygen atoms in total. The predicted molar refractivity (Wildman–Crippen MR) is 106 cm³/mol. The molecule has 2 fully saturated rings. The van der Waals surface area contributed by atoms with Crippen LogP contribution in [0.5, 0.6) is 5.75 Å². The maximum atomic E-state index is 13.1. The number of hydrogen-bond acceptors (Lipinski definition) is 5. The normalized spacial score (nSPS) is 23.8. The van der Waals surface area contributed by atoms with Gasteiger partial charge in [0.15, 0.2) is 11.6 Å². The van der Waals surface area contributed by atoms with E-state index in [1.165, 1.54) is 0 Å². The first-order valence-corrected chi connectivity index (χ1v) is 9.79. The number of likely N-dealkylation sites (N-methyl/N-ethyl adjacent to an activating group) is 1. The molecule has 5 rings (SSSR count). The van der Waals surface area contributed by atoms with Crippen LogP contribution in [0.25, 0.3) is 16.8 Å². The number of anilines is 1. The SMILES string of the molecule is CN1CC[C@@H]1COc1cnn(C)c1-c1ccn2nc(NC(=O)[C@@H]3C[C@@H]3F)cc2c1. The molecule has 0 bridgehead atoms. The number of pyridine rings is 1. The van der Waals surface area contributed by atoms with Crippen molar-refractivity contribution in [1.82, 2.24) is 24.3 Å². The summed E-state index contributed by atoms with van der Waals surface area (Å²) in [6.07, 6.45) is 3.98. The number of likely N-dealkylation sites (tertiary alicyclic amines) is 1. The molecule has 0 unspecified atom stereocenters. The summed E-state index contributed by atoms with van der Waals surface area (Å²) in [4.78, 5) is 14.2. The van der Waals surface area contributed by atoms with Gasteiger partial charge in [0.1, 0.15) is 18.5 Å². The van der Waals surface area contributed by atoms with E-state index < -0.39 is 12.1 Å². The van der Waals surface area contributed by atoms with Gasteiger partial charge in [-0.2, -0.15) is 10.2 Å². The third-order valence-electron chi connectivity index (χ3n) is 5.81. The van der Waals surface area contributed by atoms with Crippen LogP contribution < -0.4 is 10.1 Å². The van der Waals surface area contributed by atoms with E-state index in [9.17, 15) is 9.18 Å². The van der Waals surface area contributed by atoms with Crippen molar-refractivity contribution in [3.8, 4) is 17.0 Å². The third kappa shape index (κ3) is 3.35. The van der Waals surface area contributed by atoms with E-state index >= 15 is 0 Å². The summed E-state index contributed by atoms with van der Waals surface area (Å²) in [5.41, 5.74) is 2.65. The number of aromatic nitrogens is 4. The molecule has 0 spiro atoms. The number of halogens is 1. The van der Waals surface area contributed by atoms with Gasteiger partial charge in [0.25, 0.3) is 0 Å². The van der Waals surface area contributed by atoms with E-state index in [1.807, 2.05) is 25.4 Å². The van der Waals surface area contributed by atoms with Crippen molar-refractivity contribution in [2.24, 2.45) is 13.0 Å². The van der Waals surface area contributed by atoms with Crippen LogP contribution in [0.2, 0.25) is 0 Å². The first-order valence-electron chi connectivity index (χ1n) is 9.79. The minimum absolute atomic E-state index is 0.295. The summed E-state index contributed by atoms with van der Waals surface area (Å²) < 4.78 is 22.6. The molecule has 1 N–H and O–H groups in total. The summed E-state index contributed by atoms with van der Waals surface area (Å²) in [5.74, 6) is 0.303. The van der Waals surface area contributed by atoms with Gasteiger partial charge in [-0.05, 0) is 38.6 Å². The Morgan fingerprint density at radius 3 is 2.90 bits per heavy atom. The molecule has 0 aromatic carbocycles. The smallest absolute Gasteiger partial charge is 0.231 e. The first kappa shape index (κ1) is 18.1. The predicted octanol–water partition coefficient (Wildman–Crippen LogP) is 2.11. The number of carbonyl (C=O) groups excluding carboxylic acids is 1. The maximum Gasteiger partial charge on any atom is 0.231 e. The fourth-order valence-corrected chi connectivity index (χ4v) is 3.68. The summed E-state index contributed by atoms with van der Waals surface area (Å²) in [6, 6.07) is 6.12. The standard InChI is InChI=1S/C20H23FN6O2/c1-25-5-4-13(25)11-29-17-10-22-26(2)19(17)12-3-6-27-14(7-12)8-18(24-27)23-20(28)15-9-16(15)21/h3,6-8,10,13,15-16H,4-5,9,11H2,1-2H3,(H,23,24,28)/t13-,15-,16+/m1/s1. The molecule has 3 atom stereocenters. The second-order valence-electron chi connectivity index (χ2n) is 7.88. The van der Waals surface area contributed by atoms with Crippen LogP contribution in [0.15, 0.2) is 30.6 Å². The molecule has 1 saturated heterocycles. The summed E-state index contributed by atoms with van der Waals surface area (Å²) in [6.45, 7) is 1.74. The largest absolute Gasteiger partial charge is 0.488 e. The lowest BCUT2D eigenvalue weighted by Gasteiger charge is -2.37. The zero-order valence-electron chi connectivity index (χ0n) is 16.4. The Kier molecular flexibility index (Phi) is 4.27. The van der Waals surface area contributed by atoms with E-state index in [2.05, 4.69) is 27.5 Å². The van der Waals surface area contributed by atoms with Gasteiger partial charge in [-0.1, -0.05) is 0 Å². The quantitative estimate of drug-likeness (QED) is 0.688. The van der Waals surface area contributed by atoms with Gasteiger partial charge in [-0.3, -0.25) is 14.4 Å². The molecule has 4 heterocycles. The second kappa shape index (κ2) is 6.84. The van der Waals surface area contributed by atoms with Crippen molar-refractivity contribution in [3.05, 3.63) is 30.6 Å². The van der Waals surface area contributed by atoms with Crippen LogP contribution in [-0.4, -0.2) is 62.6 Å². The van der Waals surface area contributed by atoms with Crippen molar-refractivity contribution in [3.63, 3.8) is 0 Å². The number of hydrogen-bond donors (Lipinski definition) is 1. The highest BCUT2D eigenvalue weighted by Gasteiger charge is 2.43. The highest BCUT2D eigenvalue weighted by molar-refractivity contribution is 5.94. The Hall–Kier alpha value is -2.94. The molecule has 0 radical (unpaired) electrons. The van der Waals surface area contributed by atoms with E-state index in [-0.39, 0.29) is 5.91 Å². The van der Waals surface area contributed by atoms with E-state index in [4.69, 9.17) is 4.74 Å². The number of amides is 1. The van der Waals surface area contributed by atoms with Gasteiger partial charge in [0.05, 0.1) is 17.6 Å². The molecule has 3 aromatic heterocycles. The topological polar surface area (TPSA) is 76.7 Å². The Balaban J connectivity index is 1.37. The van der Waals surface area contributed by atoms with Crippen molar-refractivity contribution in [2.45, 2.75) is 25.1 Å². The number of alkyl halides is 1. The molecule has 1 amide bonds. The van der Waals surface area contributed by atoms with Crippen molar-refractivity contribution >= 4 is 17.2 Å². The lowest BCUT2D eigenvalue weighted by atomic mass is 10.1. The van der Waals surface area contributed by atoms with Crippen LogP contribution in [0.1, 0.15) is 12.8 Å². The number of ether oxygens (including phenoxy) is 1. The molecule has 152 valence electrons. The molecule has 1 aliphatic heterocycles. The van der Waals surface area contributed by atoms with Crippen LogP contribution in [0.3, 0.4) is 0 Å². The molecular weight excluding hydrogens is 375 g/mol. The minimum atomic E-state index is -1.03. The Bertz CT molecular complexity index is 1080. The fourth-order valence-electron chi connectivity index (χ4n) is 3.68. The van der Waals surface area contributed by atoms with Crippen LogP contribution in [0.4, 0.5) is 10.2 Å². The minimum Gasteiger partial charge on any atom is -0.488 e. The average molecular weight is 398 g/mol. The summed E-state index contributed by atoms with van der Waals surface area (Å²) in [5, 5.41) is 11.4. The molecule has 3 aromatic rings. The Morgan fingerprint density at radius 1 is 1.38 bits per heavy atom. The van der Waals surface area contributed by atoms with Crippen molar-refractivity contribution < 1.29 is 13.9 Å². The van der Waals surface area contributed by atoms with Gasteiger partial charge < -0.3 is 10.1 Å². The number of nitrogens with zero attached hydrogens (tertiary/aromatic N) is 5. The van der Waals surface area contributed by atoms with Gasteiger partial charge in [-0.15, -0.1) is 0 Å². The van der Waals surface area contributed by atoms with E-state index in [1.54, 1.807) is 21.5 Å². The molecule has 29 heavy (non-hydrogen) atoms. The maximum absolute atomic E-state index is 13.1. The van der Waals surface area contributed by atoms with Crippen LogP contribution in [0, 0.1) is 5.92 Å². The zero-order valence-corrected chi connectivity index (χ0v) is 16.4. The van der Waals surface area contributed by atoms with Gasteiger partial charge in [0.2, 0.25) is 5.91 Å². The molecule has 1 saturated carbocycles. The number of carbonyl (C=O) groups is 1. The van der Waals surface area contributed by atoms with Gasteiger partial charge in [0, 0.05) is 30.9 Å². The lowest BCUT2D eigenvalue weighted by Crippen LogP contribution is -2.48.